The Kier molecular flexibility index (Phi) is 5.12. The fourth-order valence-electron chi connectivity index (χ4n) is 2.35. The molecule has 0 bridgehead atoms. The van der Waals surface area contributed by atoms with Crippen molar-refractivity contribution in [2.45, 2.75) is 19.4 Å². The second kappa shape index (κ2) is 7.04. The Hall–Kier alpha value is -2.40. The molecule has 0 aliphatic heterocycles. The second-order valence-electron chi connectivity index (χ2n) is 5.23. The smallest absolute Gasteiger partial charge is 0.268 e. The number of carbonyl (C=O) groups is 2. The maximum Gasteiger partial charge on any atom is 0.268 e. The molecule has 1 unspecified atom stereocenters. The lowest BCUT2D eigenvalue weighted by Gasteiger charge is -2.18. The van der Waals surface area contributed by atoms with Crippen molar-refractivity contribution < 1.29 is 14.7 Å². The first kappa shape index (κ1) is 16.0. The molecule has 116 valence electrons. The molecule has 0 saturated heterocycles. The first-order valence-corrected chi connectivity index (χ1v) is 7.17. The summed E-state index contributed by atoms with van der Waals surface area (Å²) in [5.74, 6) is -0.345. The summed E-state index contributed by atoms with van der Waals surface area (Å²) in [6.07, 6.45) is 2.07. The molecule has 5 nitrogen and oxygen atoms in total. The molecule has 0 aliphatic rings. The number of ketones is 1. The number of rotatable bonds is 6. The third-order valence-corrected chi connectivity index (χ3v) is 3.57. The van der Waals surface area contributed by atoms with Crippen molar-refractivity contribution in [3.63, 3.8) is 0 Å². The van der Waals surface area contributed by atoms with E-state index in [1.807, 2.05) is 30.3 Å². The maximum atomic E-state index is 12.4. The van der Waals surface area contributed by atoms with E-state index in [9.17, 15) is 14.7 Å². The molecule has 1 amide bonds. The number of nitrogens with zero attached hydrogens (tertiary/aromatic N) is 1. The van der Waals surface area contributed by atoms with Gasteiger partial charge in [-0.25, -0.2) is 0 Å². The van der Waals surface area contributed by atoms with Gasteiger partial charge < -0.3 is 15.0 Å². The maximum absolute atomic E-state index is 12.4. The minimum absolute atomic E-state index is 0.0221. The van der Waals surface area contributed by atoms with E-state index in [1.165, 1.54) is 6.92 Å². The van der Waals surface area contributed by atoms with Crippen molar-refractivity contribution in [1.29, 1.82) is 0 Å². The van der Waals surface area contributed by atoms with Crippen LogP contribution in [-0.2, 0) is 7.05 Å². The van der Waals surface area contributed by atoms with Gasteiger partial charge in [-0.1, -0.05) is 30.3 Å². The van der Waals surface area contributed by atoms with Gasteiger partial charge in [0, 0.05) is 25.4 Å². The van der Waals surface area contributed by atoms with Crippen LogP contribution in [-0.4, -0.2) is 28.0 Å². The molecular formula is C17H20N2O3. The summed E-state index contributed by atoms with van der Waals surface area (Å²) in [7, 11) is 1.73. The third kappa shape index (κ3) is 3.62. The fraction of sp³-hybridized carbons (Fsp3) is 0.294. The van der Waals surface area contributed by atoms with E-state index in [2.05, 4.69) is 5.32 Å². The van der Waals surface area contributed by atoms with Gasteiger partial charge in [-0.2, -0.15) is 0 Å². The largest absolute Gasteiger partial charge is 0.396 e. The zero-order valence-electron chi connectivity index (χ0n) is 12.7. The Labute approximate surface area is 129 Å². The van der Waals surface area contributed by atoms with Crippen molar-refractivity contribution in [3.8, 4) is 0 Å². The lowest BCUT2D eigenvalue weighted by atomic mass is 10.0. The minimum atomic E-state index is -0.269. The molecule has 2 N–H and O–H groups in total. The van der Waals surface area contributed by atoms with Crippen LogP contribution in [0, 0.1) is 0 Å². The Balaban J connectivity index is 2.20. The Bertz CT molecular complexity index is 662. The standard InChI is InChI=1S/C17H20N2O3/c1-12(21)14-10-16(19(2)11-14)17(22)18-15(8-9-20)13-6-4-3-5-7-13/h3-7,10-11,15,20H,8-9H2,1-2H3,(H,18,22). The number of hydrogen-bond donors (Lipinski definition) is 2. The summed E-state index contributed by atoms with van der Waals surface area (Å²) >= 11 is 0. The van der Waals surface area contributed by atoms with Gasteiger partial charge in [0.25, 0.3) is 5.91 Å². The van der Waals surface area contributed by atoms with Crippen LogP contribution in [0.3, 0.4) is 0 Å². The molecule has 1 aromatic carbocycles. The second-order valence-corrected chi connectivity index (χ2v) is 5.23. The number of Topliss-reactive ketones (excluding diaryl/α,β-unsaturated/α-hetero) is 1. The number of benzene rings is 1. The topological polar surface area (TPSA) is 71.3 Å². The normalized spacial score (nSPS) is 12.0. The van der Waals surface area contributed by atoms with Crippen molar-refractivity contribution in [3.05, 3.63) is 59.4 Å². The zero-order valence-corrected chi connectivity index (χ0v) is 12.7. The van der Waals surface area contributed by atoms with E-state index < -0.39 is 0 Å². The monoisotopic (exact) mass is 300 g/mol. The van der Waals surface area contributed by atoms with E-state index in [0.717, 1.165) is 5.56 Å². The van der Waals surface area contributed by atoms with Crippen LogP contribution in [0.4, 0.5) is 0 Å². The summed E-state index contributed by atoms with van der Waals surface area (Å²) in [5.41, 5.74) is 1.86. The predicted octanol–water partition coefficient (Wildman–Crippen LogP) is 2.08. The highest BCUT2D eigenvalue weighted by Gasteiger charge is 2.18. The van der Waals surface area contributed by atoms with E-state index in [-0.39, 0.29) is 24.3 Å². The summed E-state index contributed by atoms with van der Waals surface area (Å²) in [5, 5.41) is 12.1. The number of nitrogens with one attached hydrogen (secondary N) is 1. The van der Waals surface area contributed by atoms with Crippen LogP contribution in [0.25, 0.3) is 0 Å². The minimum Gasteiger partial charge on any atom is -0.396 e. The molecule has 1 atom stereocenters. The molecule has 0 saturated carbocycles. The van der Waals surface area contributed by atoms with Crippen LogP contribution in [0.5, 0.6) is 0 Å². The Morgan fingerprint density at radius 3 is 2.50 bits per heavy atom. The van der Waals surface area contributed by atoms with Crippen LogP contribution < -0.4 is 5.32 Å². The molecule has 22 heavy (non-hydrogen) atoms. The Morgan fingerprint density at radius 2 is 1.95 bits per heavy atom. The van der Waals surface area contributed by atoms with Crippen molar-refractivity contribution in [2.75, 3.05) is 6.61 Å². The molecular weight excluding hydrogens is 280 g/mol. The highest BCUT2D eigenvalue weighted by Crippen LogP contribution is 2.17. The van der Waals surface area contributed by atoms with Gasteiger partial charge in [-0.3, -0.25) is 9.59 Å². The predicted molar refractivity (Wildman–Crippen MR) is 83.8 cm³/mol. The quantitative estimate of drug-likeness (QED) is 0.802. The Morgan fingerprint density at radius 1 is 1.27 bits per heavy atom. The van der Waals surface area contributed by atoms with Gasteiger partial charge in [0.1, 0.15) is 5.69 Å². The molecule has 2 aromatic rings. The van der Waals surface area contributed by atoms with Crippen LogP contribution >= 0.6 is 0 Å². The molecule has 5 heteroatoms. The average molecular weight is 300 g/mol. The van der Waals surface area contributed by atoms with Gasteiger partial charge in [-0.05, 0) is 25.0 Å². The van der Waals surface area contributed by atoms with Gasteiger partial charge in [0.15, 0.2) is 5.78 Å². The third-order valence-electron chi connectivity index (χ3n) is 3.57. The number of aliphatic hydroxyl groups excluding tert-OH is 1. The molecule has 1 heterocycles. The van der Waals surface area contributed by atoms with Crippen LogP contribution in [0.15, 0.2) is 42.6 Å². The zero-order chi connectivity index (χ0) is 16.1. The molecule has 0 spiro atoms. The molecule has 2 rings (SSSR count). The summed E-state index contributed by atoms with van der Waals surface area (Å²) in [4.78, 5) is 23.8. The van der Waals surface area contributed by atoms with Gasteiger partial charge in [0.2, 0.25) is 0 Å². The van der Waals surface area contributed by atoms with E-state index in [4.69, 9.17) is 0 Å². The van der Waals surface area contributed by atoms with Crippen LogP contribution in [0.2, 0.25) is 0 Å². The summed E-state index contributed by atoms with van der Waals surface area (Å²) in [6.45, 7) is 1.45. The number of carbonyl (C=O) groups excluding carboxylic acids is 2. The average Bonchev–Trinajstić information content (AvgIpc) is 2.90. The van der Waals surface area contributed by atoms with E-state index in [0.29, 0.717) is 17.7 Å². The van der Waals surface area contributed by atoms with Crippen molar-refractivity contribution in [2.24, 2.45) is 7.05 Å². The van der Waals surface area contributed by atoms with Gasteiger partial charge in [0.05, 0.1) is 6.04 Å². The molecule has 0 aliphatic carbocycles. The molecule has 1 aromatic heterocycles. The van der Waals surface area contributed by atoms with E-state index >= 15 is 0 Å². The number of amides is 1. The highest BCUT2D eigenvalue weighted by molar-refractivity contribution is 5.99. The van der Waals surface area contributed by atoms with Gasteiger partial charge >= 0.3 is 0 Å². The molecule has 0 fully saturated rings. The van der Waals surface area contributed by atoms with Crippen LogP contribution in [0.1, 0.15) is 45.8 Å². The number of hydrogen-bond acceptors (Lipinski definition) is 3. The van der Waals surface area contributed by atoms with E-state index in [1.54, 1.807) is 23.9 Å². The summed E-state index contributed by atoms with van der Waals surface area (Å²) < 4.78 is 1.63. The highest BCUT2D eigenvalue weighted by atomic mass is 16.3. The number of aliphatic hydroxyl groups is 1. The number of aromatic nitrogens is 1. The lowest BCUT2D eigenvalue weighted by molar-refractivity contribution is 0.0921. The lowest BCUT2D eigenvalue weighted by Crippen LogP contribution is -2.30. The molecule has 0 radical (unpaired) electrons. The first-order chi connectivity index (χ1) is 10.5. The SMILES string of the molecule is CC(=O)c1cc(C(=O)NC(CCO)c2ccccc2)n(C)c1. The van der Waals surface area contributed by atoms with Crippen molar-refractivity contribution >= 4 is 11.7 Å². The number of aryl methyl sites for hydroxylation is 1. The van der Waals surface area contributed by atoms with Crippen molar-refractivity contribution in [1.82, 2.24) is 9.88 Å². The fourth-order valence-corrected chi connectivity index (χ4v) is 2.35. The van der Waals surface area contributed by atoms with Gasteiger partial charge in [-0.15, -0.1) is 0 Å². The summed E-state index contributed by atoms with van der Waals surface area (Å²) in [6, 6.07) is 10.8. The first-order valence-electron chi connectivity index (χ1n) is 7.17.